The van der Waals surface area contributed by atoms with Gasteiger partial charge in [0.1, 0.15) is 0 Å². The Bertz CT molecular complexity index is 827. The van der Waals surface area contributed by atoms with E-state index in [0.29, 0.717) is 17.8 Å². The van der Waals surface area contributed by atoms with Crippen LogP contribution < -0.4 is 0 Å². The first-order chi connectivity index (χ1) is 13.1. The molecule has 2 aromatic rings. The number of nitrogens with zero attached hydrogens (tertiary/aromatic N) is 4. The van der Waals surface area contributed by atoms with E-state index in [2.05, 4.69) is 53.6 Å². The normalized spacial score (nSPS) is 22.3. The molecule has 0 saturated carbocycles. The number of dihydropyridines is 1. The number of ether oxygens (including phenoxy) is 1. The van der Waals surface area contributed by atoms with Crippen molar-refractivity contribution in [2.45, 2.75) is 32.6 Å². The van der Waals surface area contributed by atoms with E-state index in [0.717, 1.165) is 49.7 Å². The predicted octanol–water partition coefficient (Wildman–Crippen LogP) is 3.81. The van der Waals surface area contributed by atoms with Crippen LogP contribution in [0.3, 0.4) is 0 Å². The minimum atomic E-state index is 0.378. The number of aliphatic imine (C=N–C) groups is 1. The van der Waals surface area contributed by atoms with Gasteiger partial charge in [-0.25, -0.2) is 4.68 Å². The Morgan fingerprint density at radius 3 is 2.52 bits per heavy atom. The third-order valence-electron chi connectivity index (χ3n) is 5.98. The maximum Gasteiger partial charge on any atom is 0.0926 e. The van der Waals surface area contributed by atoms with Crippen molar-refractivity contribution < 1.29 is 4.74 Å². The van der Waals surface area contributed by atoms with E-state index in [4.69, 9.17) is 9.73 Å². The number of aryl methyl sites for hydroxylation is 2. The van der Waals surface area contributed by atoms with E-state index >= 15 is 0 Å². The van der Waals surface area contributed by atoms with E-state index < -0.39 is 0 Å². The zero-order valence-electron chi connectivity index (χ0n) is 16.4. The highest BCUT2D eigenvalue weighted by atomic mass is 16.5. The fraction of sp³-hybridized carbons (Fsp3) is 0.500. The van der Waals surface area contributed by atoms with Crippen molar-refractivity contribution in [1.82, 2.24) is 15.0 Å². The van der Waals surface area contributed by atoms with Crippen LogP contribution in [-0.2, 0) is 11.8 Å². The average Bonchev–Trinajstić information content (AvgIpc) is 3.03. The Labute approximate surface area is 161 Å². The summed E-state index contributed by atoms with van der Waals surface area (Å²) in [6, 6.07) is 10.9. The van der Waals surface area contributed by atoms with Gasteiger partial charge in [-0.1, -0.05) is 41.6 Å². The highest BCUT2D eigenvalue weighted by molar-refractivity contribution is 6.23. The van der Waals surface area contributed by atoms with Crippen molar-refractivity contribution in [3.63, 3.8) is 0 Å². The summed E-state index contributed by atoms with van der Waals surface area (Å²) in [5, 5.41) is 8.44. The molecule has 3 heterocycles. The highest BCUT2D eigenvalue weighted by Crippen LogP contribution is 2.41. The lowest BCUT2D eigenvalue weighted by Gasteiger charge is -2.36. The lowest BCUT2D eigenvalue weighted by molar-refractivity contribution is 0.0532. The van der Waals surface area contributed by atoms with Crippen LogP contribution in [0.1, 0.15) is 42.6 Å². The molecule has 2 atom stereocenters. The first-order valence-electron chi connectivity index (χ1n) is 9.87. The molecule has 4 rings (SSSR count). The summed E-state index contributed by atoms with van der Waals surface area (Å²) in [5.74, 6) is 1.47. The molecule has 1 saturated heterocycles. The van der Waals surface area contributed by atoms with Gasteiger partial charge < -0.3 is 4.74 Å². The summed E-state index contributed by atoms with van der Waals surface area (Å²) in [4.78, 5) is 4.92. The van der Waals surface area contributed by atoms with Crippen molar-refractivity contribution >= 4 is 11.3 Å². The molecular weight excluding hydrogens is 336 g/mol. The quantitative estimate of drug-likeness (QED) is 0.829. The summed E-state index contributed by atoms with van der Waals surface area (Å²) in [6.45, 7) is 6.69. The number of benzene rings is 1. The Kier molecular flexibility index (Phi) is 5.21. The van der Waals surface area contributed by atoms with Crippen molar-refractivity contribution in [3.05, 3.63) is 53.4 Å². The summed E-state index contributed by atoms with van der Waals surface area (Å²) in [7, 11) is 1.96. The summed E-state index contributed by atoms with van der Waals surface area (Å²) < 4.78 is 7.51. The Balaban J connectivity index is 1.74. The zero-order chi connectivity index (χ0) is 18.8. The fourth-order valence-electron chi connectivity index (χ4n) is 4.63. The maximum absolute atomic E-state index is 5.64. The molecule has 2 aliphatic heterocycles. The van der Waals surface area contributed by atoms with Gasteiger partial charge in [0.25, 0.3) is 0 Å². The number of hydrogen-bond donors (Lipinski definition) is 0. The van der Waals surface area contributed by atoms with Crippen molar-refractivity contribution in [3.8, 4) is 0 Å². The molecular formula is C22H28N4O. The van der Waals surface area contributed by atoms with Gasteiger partial charge in [-0.15, -0.1) is 5.10 Å². The molecule has 0 radical (unpaired) electrons. The van der Waals surface area contributed by atoms with Gasteiger partial charge in [0.15, 0.2) is 0 Å². The largest absolute Gasteiger partial charge is 0.381 e. The van der Waals surface area contributed by atoms with E-state index in [-0.39, 0.29) is 0 Å². The molecule has 0 aliphatic carbocycles. The lowest BCUT2D eigenvalue weighted by Crippen LogP contribution is -2.30. The Hall–Kier alpha value is -2.27. The van der Waals surface area contributed by atoms with Crippen LogP contribution in [0.15, 0.2) is 41.4 Å². The molecule has 5 heteroatoms. The van der Waals surface area contributed by atoms with Crippen molar-refractivity contribution in [2.24, 2.45) is 23.9 Å². The van der Waals surface area contributed by atoms with Gasteiger partial charge in [-0.05, 0) is 44.1 Å². The van der Waals surface area contributed by atoms with Crippen LogP contribution in [0.4, 0.5) is 0 Å². The lowest BCUT2D eigenvalue weighted by atomic mass is 9.72. The molecule has 5 nitrogen and oxygen atoms in total. The first kappa shape index (κ1) is 18.1. The van der Waals surface area contributed by atoms with Crippen LogP contribution in [-0.4, -0.2) is 40.5 Å². The molecule has 2 aliphatic rings. The zero-order valence-corrected chi connectivity index (χ0v) is 16.4. The monoisotopic (exact) mass is 364 g/mol. The van der Waals surface area contributed by atoms with E-state index in [9.17, 15) is 0 Å². The highest BCUT2D eigenvalue weighted by Gasteiger charge is 2.33. The number of allylic oxidation sites excluding steroid dienone is 1. The summed E-state index contributed by atoms with van der Waals surface area (Å²) >= 11 is 0. The number of rotatable bonds is 4. The molecule has 142 valence electrons. The summed E-state index contributed by atoms with van der Waals surface area (Å²) in [6.07, 6.45) is 4.67. The topological polar surface area (TPSA) is 52.3 Å². The molecule has 0 bridgehead atoms. The van der Waals surface area contributed by atoms with E-state index in [1.807, 2.05) is 18.7 Å². The number of aromatic nitrogens is 3. The molecule has 1 fully saturated rings. The minimum absolute atomic E-state index is 0.378. The SMILES string of the molecule is CC1=NC[C@H](C(c2ccccc2)C2CCOCC2)C=C1c1c(C)nnn1C. The van der Waals surface area contributed by atoms with Gasteiger partial charge >= 0.3 is 0 Å². The summed E-state index contributed by atoms with van der Waals surface area (Å²) in [5.41, 5.74) is 5.73. The standard InChI is InChI=1S/C22H28N4O/c1-15-20(22-16(2)24-25-26(22)3)13-19(14-23-15)21(17-7-5-4-6-8-17)18-9-11-27-12-10-18/h4-8,13,18-19,21H,9-12,14H2,1-3H3/t19-,21?/m1/s1. The van der Waals surface area contributed by atoms with Crippen LogP contribution in [0.5, 0.6) is 0 Å². The first-order valence-corrected chi connectivity index (χ1v) is 9.87. The molecule has 27 heavy (non-hydrogen) atoms. The van der Waals surface area contributed by atoms with Crippen LogP contribution in [0.25, 0.3) is 5.57 Å². The minimum Gasteiger partial charge on any atom is -0.381 e. The second kappa shape index (κ2) is 7.77. The molecule has 1 unspecified atom stereocenters. The van der Waals surface area contributed by atoms with E-state index in [1.54, 1.807) is 0 Å². The molecule has 1 aromatic carbocycles. The molecule has 0 N–H and O–H groups in total. The predicted molar refractivity (Wildman–Crippen MR) is 108 cm³/mol. The van der Waals surface area contributed by atoms with Gasteiger partial charge in [0, 0.05) is 44.0 Å². The van der Waals surface area contributed by atoms with Crippen LogP contribution in [0, 0.1) is 18.8 Å². The van der Waals surface area contributed by atoms with Gasteiger partial charge in [-0.3, -0.25) is 4.99 Å². The van der Waals surface area contributed by atoms with Gasteiger partial charge in [0.05, 0.1) is 11.4 Å². The van der Waals surface area contributed by atoms with Gasteiger partial charge in [0.2, 0.25) is 0 Å². The van der Waals surface area contributed by atoms with E-state index in [1.165, 1.54) is 11.1 Å². The van der Waals surface area contributed by atoms with Crippen molar-refractivity contribution in [2.75, 3.05) is 19.8 Å². The third-order valence-corrected chi connectivity index (χ3v) is 5.98. The second-order valence-electron chi connectivity index (χ2n) is 7.70. The fourth-order valence-corrected chi connectivity index (χ4v) is 4.63. The molecule has 1 aromatic heterocycles. The van der Waals surface area contributed by atoms with Crippen LogP contribution in [0.2, 0.25) is 0 Å². The Morgan fingerprint density at radius 1 is 1.11 bits per heavy atom. The van der Waals surface area contributed by atoms with Gasteiger partial charge in [-0.2, -0.15) is 0 Å². The smallest absolute Gasteiger partial charge is 0.0926 e. The van der Waals surface area contributed by atoms with Crippen molar-refractivity contribution in [1.29, 1.82) is 0 Å². The average molecular weight is 364 g/mol. The maximum atomic E-state index is 5.64. The third kappa shape index (κ3) is 3.61. The Morgan fingerprint density at radius 2 is 1.85 bits per heavy atom. The second-order valence-corrected chi connectivity index (χ2v) is 7.70. The molecule has 0 spiro atoms. The number of hydrogen-bond acceptors (Lipinski definition) is 4. The molecule has 0 amide bonds. The van der Waals surface area contributed by atoms with Crippen LogP contribution >= 0.6 is 0 Å².